The number of amides is 1. The van der Waals surface area contributed by atoms with Crippen molar-refractivity contribution >= 4 is 54.8 Å². The number of aromatic nitrogens is 1. The third kappa shape index (κ3) is 5.48. The monoisotopic (exact) mass is 542 g/mol. The van der Waals surface area contributed by atoms with Crippen LogP contribution in [0.1, 0.15) is 15.4 Å². The van der Waals surface area contributed by atoms with Crippen molar-refractivity contribution in [3.8, 4) is 10.9 Å². The molecule has 0 saturated heterocycles. The van der Waals surface area contributed by atoms with Crippen LogP contribution in [0, 0.1) is 0 Å². The van der Waals surface area contributed by atoms with Crippen LogP contribution in [-0.4, -0.2) is 24.4 Å². The highest BCUT2D eigenvalue weighted by Crippen LogP contribution is 2.40. The van der Waals surface area contributed by atoms with Crippen LogP contribution in [0.25, 0.3) is 0 Å². The van der Waals surface area contributed by atoms with Gasteiger partial charge in [-0.2, -0.15) is 18.2 Å². The SMILES string of the molecule is COc1nc(C(F)(F)F)c(C(=O)Nc2c(Br)cc(OC(F)(F)F)cc2Br)s1. The van der Waals surface area contributed by atoms with E-state index in [0.717, 1.165) is 19.2 Å². The lowest BCUT2D eigenvalue weighted by atomic mass is 10.2. The Morgan fingerprint density at radius 3 is 2.15 bits per heavy atom. The number of ether oxygens (including phenoxy) is 2. The summed E-state index contributed by atoms with van der Waals surface area (Å²) < 4.78 is 84.2. The first-order valence-electron chi connectivity index (χ1n) is 6.50. The number of benzene rings is 1. The molecule has 0 radical (unpaired) electrons. The number of alkyl halides is 6. The van der Waals surface area contributed by atoms with Gasteiger partial charge in [-0.25, -0.2) is 0 Å². The molecule has 0 aliphatic heterocycles. The number of rotatable bonds is 4. The molecule has 0 unspecified atom stereocenters. The summed E-state index contributed by atoms with van der Waals surface area (Å²) in [4.78, 5) is 14.7. The van der Waals surface area contributed by atoms with Gasteiger partial charge in [-0.1, -0.05) is 11.3 Å². The molecule has 2 rings (SSSR count). The minimum Gasteiger partial charge on any atom is -0.473 e. The summed E-state index contributed by atoms with van der Waals surface area (Å²) in [7, 11) is 1.09. The number of thiazole rings is 1. The fourth-order valence-corrected chi connectivity index (χ4v) is 3.91. The van der Waals surface area contributed by atoms with Crippen LogP contribution in [0.3, 0.4) is 0 Å². The van der Waals surface area contributed by atoms with Crippen LogP contribution in [-0.2, 0) is 6.18 Å². The standard InChI is InChI=1S/C13H6Br2F6N2O3S/c1-25-11-23-9(12(16,17)18)8(27-11)10(24)22-7-5(14)2-4(3-6(7)15)26-13(19,20)21/h2-3H,1H3,(H,22,24). The molecular weight excluding hydrogens is 538 g/mol. The summed E-state index contributed by atoms with van der Waals surface area (Å²) in [5.41, 5.74) is -1.54. The van der Waals surface area contributed by atoms with Crippen LogP contribution in [0.5, 0.6) is 10.9 Å². The van der Waals surface area contributed by atoms with E-state index in [-0.39, 0.29) is 19.8 Å². The number of hydrogen-bond acceptors (Lipinski definition) is 5. The van der Waals surface area contributed by atoms with Gasteiger partial charge in [0.15, 0.2) is 5.69 Å². The molecule has 0 aliphatic rings. The van der Waals surface area contributed by atoms with Gasteiger partial charge < -0.3 is 14.8 Å². The van der Waals surface area contributed by atoms with Crippen molar-refractivity contribution < 1.29 is 40.6 Å². The summed E-state index contributed by atoms with van der Waals surface area (Å²) in [6.45, 7) is 0. The predicted octanol–water partition coefficient (Wildman–Crippen LogP) is 5.85. The molecule has 0 fully saturated rings. The molecule has 1 heterocycles. The minimum absolute atomic E-state index is 0.0606. The van der Waals surface area contributed by atoms with Crippen molar-refractivity contribution in [1.29, 1.82) is 0 Å². The maximum atomic E-state index is 13.0. The first kappa shape index (κ1) is 21.8. The minimum atomic E-state index is -4.94. The van der Waals surface area contributed by atoms with Gasteiger partial charge in [0.2, 0.25) is 0 Å². The maximum Gasteiger partial charge on any atom is 0.573 e. The number of nitrogens with zero attached hydrogens (tertiary/aromatic N) is 1. The number of methoxy groups -OCH3 is 1. The summed E-state index contributed by atoms with van der Waals surface area (Å²) in [5.74, 6) is -1.77. The molecule has 0 bridgehead atoms. The number of anilines is 1. The fourth-order valence-electron chi connectivity index (χ4n) is 1.77. The molecular formula is C13H6Br2F6N2O3S. The molecule has 14 heteroatoms. The van der Waals surface area contributed by atoms with Gasteiger partial charge in [-0.3, -0.25) is 4.79 Å². The molecule has 1 N–H and O–H groups in total. The predicted molar refractivity (Wildman–Crippen MR) is 90.1 cm³/mol. The van der Waals surface area contributed by atoms with Crippen LogP contribution in [0.4, 0.5) is 32.0 Å². The first-order chi connectivity index (χ1) is 12.3. The normalized spacial score (nSPS) is 12.0. The summed E-state index contributed by atoms with van der Waals surface area (Å²) in [6.07, 6.45) is -9.84. The van der Waals surface area contributed by atoms with Gasteiger partial charge in [-0.05, 0) is 44.0 Å². The number of halogens is 8. The van der Waals surface area contributed by atoms with Crippen molar-refractivity contribution in [2.75, 3.05) is 12.4 Å². The molecule has 1 aromatic carbocycles. The van der Waals surface area contributed by atoms with Crippen molar-refractivity contribution in [3.05, 3.63) is 31.6 Å². The van der Waals surface area contributed by atoms with E-state index in [2.05, 4.69) is 51.6 Å². The fraction of sp³-hybridized carbons (Fsp3) is 0.231. The van der Waals surface area contributed by atoms with E-state index in [9.17, 15) is 31.1 Å². The summed E-state index contributed by atoms with van der Waals surface area (Å²) in [5, 5.41) is 1.80. The highest BCUT2D eigenvalue weighted by Gasteiger charge is 2.40. The van der Waals surface area contributed by atoms with Gasteiger partial charge in [0.25, 0.3) is 11.1 Å². The van der Waals surface area contributed by atoms with Crippen LogP contribution in [0.2, 0.25) is 0 Å². The largest absolute Gasteiger partial charge is 0.573 e. The zero-order valence-corrected chi connectivity index (χ0v) is 16.7. The molecule has 0 atom stereocenters. The lowest BCUT2D eigenvalue weighted by Crippen LogP contribution is -2.18. The molecule has 1 amide bonds. The quantitative estimate of drug-likeness (QED) is 0.492. The van der Waals surface area contributed by atoms with E-state index in [1.165, 1.54) is 0 Å². The van der Waals surface area contributed by atoms with Gasteiger partial charge in [0.1, 0.15) is 10.6 Å². The van der Waals surface area contributed by atoms with E-state index >= 15 is 0 Å². The van der Waals surface area contributed by atoms with Gasteiger partial charge in [0, 0.05) is 8.95 Å². The Balaban J connectivity index is 2.35. The van der Waals surface area contributed by atoms with Gasteiger partial charge in [0.05, 0.1) is 12.8 Å². The smallest absolute Gasteiger partial charge is 0.473 e. The molecule has 0 aliphatic carbocycles. The molecule has 1 aromatic heterocycles. The lowest BCUT2D eigenvalue weighted by molar-refractivity contribution is -0.274. The van der Waals surface area contributed by atoms with Gasteiger partial charge >= 0.3 is 12.5 Å². The Bertz CT molecular complexity index is 846. The zero-order valence-electron chi connectivity index (χ0n) is 12.8. The van der Waals surface area contributed by atoms with Crippen molar-refractivity contribution in [2.45, 2.75) is 12.5 Å². The van der Waals surface area contributed by atoms with E-state index in [4.69, 9.17) is 0 Å². The summed E-state index contributed by atoms with van der Waals surface area (Å²) in [6, 6.07) is 1.79. The number of carbonyl (C=O) groups is 1. The lowest BCUT2D eigenvalue weighted by Gasteiger charge is -2.14. The second-order valence-corrected chi connectivity index (χ2v) is 7.29. The second kappa shape index (κ2) is 7.83. The highest BCUT2D eigenvalue weighted by atomic mass is 79.9. The van der Waals surface area contributed by atoms with E-state index in [1.807, 2.05) is 0 Å². The van der Waals surface area contributed by atoms with Crippen LogP contribution in [0.15, 0.2) is 21.1 Å². The highest BCUT2D eigenvalue weighted by molar-refractivity contribution is 9.11. The molecule has 148 valence electrons. The van der Waals surface area contributed by atoms with E-state index in [0.29, 0.717) is 11.3 Å². The van der Waals surface area contributed by atoms with E-state index < -0.39 is 34.8 Å². The molecule has 27 heavy (non-hydrogen) atoms. The average molecular weight is 544 g/mol. The van der Waals surface area contributed by atoms with Crippen LogP contribution < -0.4 is 14.8 Å². The number of hydrogen-bond donors (Lipinski definition) is 1. The molecule has 0 spiro atoms. The molecule has 2 aromatic rings. The zero-order chi connectivity index (χ0) is 20.6. The molecule has 5 nitrogen and oxygen atoms in total. The van der Waals surface area contributed by atoms with Crippen molar-refractivity contribution in [1.82, 2.24) is 4.98 Å². The van der Waals surface area contributed by atoms with Crippen molar-refractivity contribution in [2.24, 2.45) is 0 Å². The Hall–Kier alpha value is -1.54. The van der Waals surface area contributed by atoms with Crippen LogP contribution >= 0.6 is 43.2 Å². The van der Waals surface area contributed by atoms with Gasteiger partial charge in [-0.15, -0.1) is 13.2 Å². The Kier molecular flexibility index (Phi) is 6.31. The number of nitrogens with one attached hydrogen (secondary N) is 1. The average Bonchev–Trinajstić information content (AvgIpc) is 2.93. The topological polar surface area (TPSA) is 60.5 Å². The Morgan fingerprint density at radius 1 is 1.15 bits per heavy atom. The van der Waals surface area contributed by atoms with Crippen molar-refractivity contribution in [3.63, 3.8) is 0 Å². The first-order valence-corrected chi connectivity index (χ1v) is 8.90. The number of carbonyl (C=O) groups excluding carboxylic acids is 1. The third-order valence-corrected chi connectivity index (χ3v) is 5.01. The third-order valence-electron chi connectivity index (χ3n) is 2.74. The Labute approximate surface area is 167 Å². The van der Waals surface area contributed by atoms with E-state index in [1.54, 1.807) is 0 Å². The maximum absolute atomic E-state index is 13.0. The molecule has 0 saturated carbocycles. The Morgan fingerprint density at radius 2 is 1.70 bits per heavy atom. The summed E-state index contributed by atoms with van der Waals surface area (Å²) >= 11 is 6.23. The second-order valence-electron chi connectivity index (χ2n) is 4.62.